The highest BCUT2D eigenvalue weighted by molar-refractivity contribution is 9.47. The molecule has 0 aliphatic heterocycles. The van der Waals surface area contributed by atoms with Gasteiger partial charge in [-0.3, -0.25) is 25.8 Å². The molecule has 0 aliphatic rings. The molecule has 0 saturated carbocycles. The van der Waals surface area contributed by atoms with Gasteiger partial charge in [0, 0.05) is 5.56 Å². The van der Waals surface area contributed by atoms with E-state index in [9.17, 15) is 4.39 Å². The molecule has 1 rings (SSSR count). The Kier molecular flexibility index (Phi) is 8.65. The quantitative estimate of drug-likeness (QED) is 0.696. The Morgan fingerprint density at radius 2 is 2.17 bits per heavy atom. The highest BCUT2D eigenvalue weighted by atomic mass is 79.9. The van der Waals surface area contributed by atoms with Crippen molar-refractivity contribution in [2.24, 2.45) is 0 Å². The van der Waals surface area contributed by atoms with Crippen molar-refractivity contribution in [2.45, 2.75) is 0 Å². The van der Waals surface area contributed by atoms with Crippen LogP contribution in [0.15, 0.2) is 24.8 Å². The molecule has 0 spiro atoms. The van der Waals surface area contributed by atoms with Crippen LogP contribution in [-0.2, 0) is 0 Å². The third-order valence-corrected chi connectivity index (χ3v) is 1.06. The van der Waals surface area contributed by atoms with E-state index in [1.54, 1.807) is 12.1 Å². The smallest absolute Gasteiger partial charge is 0.280 e. The molecule has 0 unspecified atom stereocenters. The number of hydrogen-bond donors (Lipinski definition) is 0. The molecule has 1 radical (unpaired) electrons. The molecule has 0 saturated heterocycles. The first-order valence-corrected chi connectivity index (χ1v) is 11.0. The SMILES string of the molecule is C=Cc1cc[c]cc1F.[Br][Mg][Br]. The number of halogens is 3. The van der Waals surface area contributed by atoms with E-state index in [-0.39, 0.29) is 21.8 Å². The van der Waals surface area contributed by atoms with Gasteiger partial charge in [-0.1, -0.05) is 24.8 Å². The third kappa shape index (κ3) is 5.30. The Morgan fingerprint density at radius 3 is 2.50 bits per heavy atom. The van der Waals surface area contributed by atoms with Gasteiger partial charge in [-0.15, -0.1) is 0 Å². The Morgan fingerprint density at radius 1 is 1.58 bits per heavy atom. The summed E-state index contributed by atoms with van der Waals surface area (Å²) in [5, 5.41) is 0. The largest absolute Gasteiger partial charge is 0.560 e. The molecule has 0 aromatic heterocycles. The molecule has 0 nitrogen and oxygen atoms in total. The Balaban J connectivity index is 0.000000354. The molecule has 0 fully saturated rings. The maximum Gasteiger partial charge on any atom is 0.560 e. The third-order valence-electron chi connectivity index (χ3n) is 1.06. The predicted molar refractivity (Wildman–Crippen MR) is 58.9 cm³/mol. The number of benzene rings is 1. The van der Waals surface area contributed by atoms with E-state index in [0.29, 0.717) is 5.56 Å². The van der Waals surface area contributed by atoms with Gasteiger partial charge in [0.15, 0.2) is 0 Å². The lowest BCUT2D eigenvalue weighted by Gasteiger charge is -1.90. The molecule has 61 valence electrons. The average Bonchev–Trinajstić information content (AvgIpc) is 2.07. The van der Waals surface area contributed by atoms with Gasteiger partial charge in [-0.2, -0.15) is 0 Å². The van der Waals surface area contributed by atoms with Gasteiger partial charge in [-0.05, 0) is 12.1 Å². The molecule has 0 atom stereocenters. The van der Waals surface area contributed by atoms with Crippen LogP contribution in [0.25, 0.3) is 6.08 Å². The van der Waals surface area contributed by atoms with Crippen molar-refractivity contribution in [2.75, 3.05) is 0 Å². The molecule has 0 bridgehead atoms. The summed E-state index contributed by atoms with van der Waals surface area (Å²) in [4.78, 5) is 0. The summed E-state index contributed by atoms with van der Waals surface area (Å²) in [7, 11) is 0. The van der Waals surface area contributed by atoms with Crippen LogP contribution in [0, 0.1) is 11.9 Å². The average molecular weight is 305 g/mol. The van der Waals surface area contributed by atoms with E-state index in [4.69, 9.17) is 0 Å². The summed E-state index contributed by atoms with van der Waals surface area (Å²) in [6.07, 6.45) is 1.48. The second-order valence-electron chi connectivity index (χ2n) is 1.75. The maximum atomic E-state index is 12.5. The second kappa shape index (κ2) is 8.23. The first kappa shape index (κ1) is 12.6. The standard InChI is InChI=1S/C8H6F.2BrH.Mg/c1-2-7-5-3-4-6-8(7)9;;;/h2-3,5-6H,1H2;2*1H;/q;;;+2/p-2. The molecule has 12 heavy (non-hydrogen) atoms. The lowest BCUT2D eigenvalue weighted by Crippen LogP contribution is -1.77. The van der Waals surface area contributed by atoms with E-state index < -0.39 is 0 Å². The monoisotopic (exact) mass is 303 g/mol. The van der Waals surface area contributed by atoms with Crippen molar-refractivity contribution in [3.8, 4) is 0 Å². The molecular formula is C8H6Br2FMg. The van der Waals surface area contributed by atoms with E-state index in [1.807, 2.05) is 0 Å². The zero-order chi connectivity index (χ0) is 9.40. The molecule has 4 heteroatoms. The summed E-state index contributed by atoms with van der Waals surface area (Å²) in [6, 6.07) is 7.18. The zero-order valence-electron chi connectivity index (χ0n) is 6.36. The van der Waals surface area contributed by atoms with Crippen molar-refractivity contribution < 1.29 is 4.39 Å². The highest BCUT2D eigenvalue weighted by Gasteiger charge is 1.91. The summed E-state index contributed by atoms with van der Waals surface area (Å²) in [5.74, 6) is -0.271. The minimum atomic E-state index is -0.271. The van der Waals surface area contributed by atoms with Gasteiger partial charge in [0.05, 0.1) is 0 Å². The molecular weight excluding hydrogens is 299 g/mol. The van der Waals surface area contributed by atoms with E-state index in [2.05, 4.69) is 38.4 Å². The van der Waals surface area contributed by atoms with Crippen molar-refractivity contribution in [3.63, 3.8) is 0 Å². The van der Waals surface area contributed by atoms with E-state index in [1.165, 1.54) is 12.1 Å². The topological polar surface area (TPSA) is 0 Å². The number of rotatable bonds is 1. The van der Waals surface area contributed by atoms with Crippen LogP contribution in [0.5, 0.6) is 0 Å². The first-order valence-electron chi connectivity index (χ1n) is 3.16. The number of hydrogen-bond acceptors (Lipinski definition) is 0. The van der Waals surface area contributed by atoms with Crippen molar-refractivity contribution in [1.29, 1.82) is 0 Å². The van der Waals surface area contributed by atoms with Crippen LogP contribution in [0.3, 0.4) is 0 Å². The minimum absolute atomic E-state index is 0.0417. The van der Waals surface area contributed by atoms with Crippen molar-refractivity contribution in [3.05, 3.63) is 42.2 Å². The Bertz CT molecular complexity index is 240. The Hall–Kier alpha value is 0.616. The molecule has 0 aliphatic carbocycles. The van der Waals surface area contributed by atoms with E-state index >= 15 is 0 Å². The van der Waals surface area contributed by atoms with Crippen molar-refractivity contribution >= 4 is 47.9 Å². The van der Waals surface area contributed by atoms with Gasteiger partial charge in [0.1, 0.15) is 5.82 Å². The summed E-state index contributed by atoms with van der Waals surface area (Å²) in [6.45, 7) is 3.44. The lowest BCUT2D eigenvalue weighted by molar-refractivity contribution is 0.625. The molecule has 1 aromatic carbocycles. The van der Waals surface area contributed by atoms with Crippen LogP contribution in [0.2, 0.25) is 0 Å². The molecule has 0 N–H and O–H groups in total. The van der Waals surface area contributed by atoms with Gasteiger partial charge < -0.3 is 0 Å². The van der Waals surface area contributed by atoms with Gasteiger partial charge in [-0.25, -0.2) is 4.39 Å². The molecule has 1 aromatic rings. The summed E-state index contributed by atoms with van der Waals surface area (Å²) < 4.78 is 12.5. The normalized spacial score (nSPS) is 7.58. The second-order valence-corrected chi connectivity index (χ2v) is 9.83. The molecule has 0 amide bonds. The Labute approximate surface area is 93.7 Å². The zero-order valence-corrected chi connectivity index (χ0v) is 10.9. The van der Waals surface area contributed by atoms with Crippen LogP contribution in [0.4, 0.5) is 4.39 Å². The predicted octanol–water partition coefficient (Wildman–Crippen LogP) is 3.58. The van der Waals surface area contributed by atoms with Crippen LogP contribution < -0.4 is 0 Å². The van der Waals surface area contributed by atoms with Crippen LogP contribution in [-0.4, -0.2) is 16.0 Å². The van der Waals surface area contributed by atoms with Crippen LogP contribution >= 0.6 is 25.8 Å². The first-order chi connectivity index (χ1) is 5.76. The fraction of sp³-hybridized carbons (Fsp3) is 0. The minimum Gasteiger partial charge on any atom is -0.280 e. The maximum absolute atomic E-state index is 12.5. The van der Waals surface area contributed by atoms with Crippen molar-refractivity contribution in [1.82, 2.24) is 0 Å². The van der Waals surface area contributed by atoms with Gasteiger partial charge in [0.2, 0.25) is 0 Å². The van der Waals surface area contributed by atoms with E-state index in [0.717, 1.165) is 0 Å². The summed E-state index contributed by atoms with van der Waals surface area (Å²) >= 11 is 6.44. The summed E-state index contributed by atoms with van der Waals surface area (Å²) in [5.41, 5.74) is 0.522. The van der Waals surface area contributed by atoms with Gasteiger partial charge in [0.25, 0.3) is 0 Å². The molecule has 0 heterocycles. The highest BCUT2D eigenvalue weighted by Crippen LogP contribution is 2.05. The lowest BCUT2D eigenvalue weighted by atomic mass is 10.2. The van der Waals surface area contributed by atoms with Crippen LogP contribution in [0.1, 0.15) is 5.56 Å². The fourth-order valence-electron chi connectivity index (χ4n) is 0.588. The van der Waals surface area contributed by atoms with Gasteiger partial charge >= 0.3 is 16.0 Å². The fourth-order valence-corrected chi connectivity index (χ4v) is 0.588.